The van der Waals surface area contributed by atoms with Crippen molar-refractivity contribution in [3.05, 3.63) is 35.9 Å². The number of halogens is 1. The predicted octanol–water partition coefficient (Wildman–Crippen LogP) is 2.42. The predicted molar refractivity (Wildman–Crippen MR) is 118 cm³/mol. The van der Waals surface area contributed by atoms with E-state index in [9.17, 15) is 8.42 Å². The monoisotopic (exact) mass is 494 g/mol. The Hall–Kier alpha value is -0.870. The molecule has 1 fully saturated rings. The van der Waals surface area contributed by atoms with Crippen LogP contribution in [0, 0.1) is 5.41 Å². The SMILES string of the molecule is CCNC(=NCCS(=O)(=O)NCc1ccccc1)N1CCC(C)(C)C1.I. The van der Waals surface area contributed by atoms with Crippen LogP contribution < -0.4 is 10.0 Å². The summed E-state index contributed by atoms with van der Waals surface area (Å²) in [6.45, 7) is 9.75. The number of nitrogens with one attached hydrogen (secondary N) is 2. The van der Waals surface area contributed by atoms with Crippen LogP contribution in [-0.2, 0) is 16.6 Å². The molecule has 0 atom stereocenters. The molecule has 0 saturated carbocycles. The lowest BCUT2D eigenvalue weighted by Gasteiger charge is -2.23. The first kappa shape index (κ1) is 23.2. The molecule has 1 aromatic carbocycles. The Morgan fingerprint density at radius 2 is 1.96 bits per heavy atom. The van der Waals surface area contributed by atoms with Gasteiger partial charge >= 0.3 is 0 Å². The van der Waals surface area contributed by atoms with Gasteiger partial charge in [-0.2, -0.15) is 0 Å². The van der Waals surface area contributed by atoms with Crippen molar-refractivity contribution in [1.82, 2.24) is 14.9 Å². The van der Waals surface area contributed by atoms with Crippen molar-refractivity contribution in [2.24, 2.45) is 10.4 Å². The van der Waals surface area contributed by atoms with Crippen LogP contribution in [0.2, 0.25) is 0 Å². The van der Waals surface area contributed by atoms with Gasteiger partial charge in [0.15, 0.2) is 5.96 Å². The average molecular weight is 494 g/mol. The minimum atomic E-state index is -3.34. The summed E-state index contributed by atoms with van der Waals surface area (Å²) in [5.41, 5.74) is 1.22. The first-order valence-corrected chi connectivity index (χ1v) is 10.5. The summed E-state index contributed by atoms with van der Waals surface area (Å²) in [7, 11) is -3.34. The Morgan fingerprint density at radius 1 is 1.27 bits per heavy atom. The summed E-state index contributed by atoms with van der Waals surface area (Å²) in [5.74, 6) is 0.803. The average Bonchev–Trinajstić information content (AvgIpc) is 2.93. The molecule has 148 valence electrons. The van der Waals surface area contributed by atoms with Gasteiger partial charge in [0.1, 0.15) is 0 Å². The molecule has 1 aromatic rings. The molecule has 0 unspecified atom stereocenters. The minimum Gasteiger partial charge on any atom is -0.357 e. The van der Waals surface area contributed by atoms with Crippen molar-refractivity contribution >= 4 is 40.0 Å². The second-order valence-corrected chi connectivity index (χ2v) is 9.12. The number of hydrogen-bond acceptors (Lipinski definition) is 3. The van der Waals surface area contributed by atoms with Crippen LogP contribution in [-0.4, -0.2) is 51.2 Å². The zero-order valence-corrected chi connectivity index (χ0v) is 19.0. The summed E-state index contributed by atoms with van der Waals surface area (Å²) < 4.78 is 26.9. The van der Waals surface area contributed by atoms with E-state index in [2.05, 4.69) is 33.8 Å². The number of benzene rings is 1. The number of sulfonamides is 1. The van der Waals surface area contributed by atoms with Crippen LogP contribution in [0.3, 0.4) is 0 Å². The van der Waals surface area contributed by atoms with E-state index < -0.39 is 10.0 Å². The van der Waals surface area contributed by atoms with E-state index in [1.165, 1.54) is 0 Å². The summed E-state index contributed by atoms with van der Waals surface area (Å²) in [4.78, 5) is 6.73. The smallest absolute Gasteiger partial charge is 0.213 e. The molecule has 0 bridgehead atoms. The number of aliphatic imine (C=N–C) groups is 1. The fourth-order valence-electron chi connectivity index (χ4n) is 2.85. The van der Waals surface area contributed by atoms with Crippen molar-refractivity contribution in [3.8, 4) is 0 Å². The van der Waals surface area contributed by atoms with E-state index in [0.717, 1.165) is 37.6 Å². The molecular formula is C18H31IN4O2S. The molecule has 1 aliphatic heterocycles. The Balaban J connectivity index is 0.00000338. The summed E-state index contributed by atoms with van der Waals surface area (Å²) >= 11 is 0. The summed E-state index contributed by atoms with van der Waals surface area (Å²) in [6, 6.07) is 9.51. The van der Waals surface area contributed by atoms with E-state index >= 15 is 0 Å². The molecule has 1 aliphatic rings. The van der Waals surface area contributed by atoms with Gasteiger partial charge in [0.05, 0.1) is 12.3 Å². The zero-order valence-electron chi connectivity index (χ0n) is 15.9. The first-order chi connectivity index (χ1) is 11.8. The third kappa shape index (κ3) is 7.79. The third-order valence-electron chi connectivity index (χ3n) is 4.27. The van der Waals surface area contributed by atoms with Crippen LogP contribution in [0.4, 0.5) is 0 Å². The van der Waals surface area contributed by atoms with Crippen molar-refractivity contribution in [3.63, 3.8) is 0 Å². The number of guanidine groups is 1. The van der Waals surface area contributed by atoms with Gasteiger partial charge in [-0.1, -0.05) is 44.2 Å². The molecule has 0 spiro atoms. The Bertz CT molecular complexity index is 678. The fourth-order valence-corrected chi connectivity index (χ4v) is 3.71. The Kier molecular flexibility index (Phi) is 9.32. The molecule has 8 heteroatoms. The van der Waals surface area contributed by atoms with E-state index in [0.29, 0.717) is 6.54 Å². The number of nitrogens with zero attached hydrogens (tertiary/aromatic N) is 2. The summed E-state index contributed by atoms with van der Waals surface area (Å²) in [5, 5.41) is 3.27. The van der Waals surface area contributed by atoms with Crippen LogP contribution in [0.1, 0.15) is 32.8 Å². The molecule has 0 aromatic heterocycles. The molecule has 26 heavy (non-hydrogen) atoms. The highest BCUT2D eigenvalue weighted by Gasteiger charge is 2.30. The van der Waals surface area contributed by atoms with Gasteiger partial charge in [0, 0.05) is 26.2 Å². The molecule has 1 heterocycles. The maximum Gasteiger partial charge on any atom is 0.213 e. The highest BCUT2D eigenvalue weighted by Crippen LogP contribution is 2.28. The van der Waals surface area contributed by atoms with E-state index in [4.69, 9.17) is 0 Å². The van der Waals surface area contributed by atoms with Crippen LogP contribution in [0.25, 0.3) is 0 Å². The largest absolute Gasteiger partial charge is 0.357 e. The molecule has 0 radical (unpaired) electrons. The number of hydrogen-bond donors (Lipinski definition) is 2. The van der Waals surface area contributed by atoms with Gasteiger partial charge in [0.25, 0.3) is 0 Å². The van der Waals surface area contributed by atoms with Gasteiger partial charge in [-0.05, 0) is 24.3 Å². The minimum absolute atomic E-state index is 0. The van der Waals surface area contributed by atoms with E-state index in [1.807, 2.05) is 37.3 Å². The second-order valence-electron chi connectivity index (χ2n) is 7.20. The second kappa shape index (κ2) is 10.5. The summed E-state index contributed by atoms with van der Waals surface area (Å²) in [6.07, 6.45) is 1.12. The molecule has 0 aliphatic carbocycles. The fraction of sp³-hybridized carbons (Fsp3) is 0.611. The lowest BCUT2D eigenvalue weighted by molar-refractivity contribution is 0.370. The molecule has 2 rings (SSSR count). The van der Waals surface area contributed by atoms with E-state index in [1.54, 1.807) is 0 Å². The standard InChI is InChI=1S/C18H30N4O2S.HI/c1-4-19-17(22-12-10-18(2,3)15-22)20-11-13-25(23,24)21-14-16-8-6-5-7-9-16;/h5-9,21H,4,10-15H2,1-3H3,(H,19,20);1H. The molecular weight excluding hydrogens is 463 g/mol. The molecule has 0 amide bonds. The van der Waals surface area contributed by atoms with Crippen molar-refractivity contribution < 1.29 is 8.42 Å². The lowest BCUT2D eigenvalue weighted by atomic mass is 9.93. The third-order valence-corrected chi connectivity index (χ3v) is 5.58. The van der Waals surface area contributed by atoms with Gasteiger partial charge in [0.2, 0.25) is 10.0 Å². The number of rotatable bonds is 7. The quantitative estimate of drug-likeness (QED) is 0.347. The van der Waals surface area contributed by atoms with Crippen LogP contribution >= 0.6 is 24.0 Å². The van der Waals surface area contributed by atoms with Crippen LogP contribution in [0.15, 0.2) is 35.3 Å². The van der Waals surface area contributed by atoms with Crippen molar-refractivity contribution in [2.75, 3.05) is 31.9 Å². The van der Waals surface area contributed by atoms with Gasteiger partial charge in [-0.15, -0.1) is 24.0 Å². The first-order valence-electron chi connectivity index (χ1n) is 8.86. The normalized spacial score (nSPS) is 17.0. The highest BCUT2D eigenvalue weighted by molar-refractivity contribution is 14.0. The molecule has 1 saturated heterocycles. The van der Waals surface area contributed by atoms with Crippen molar-refractivity contribution in [2.45, 2.75) is 33.7 Å². The van der Waals surface area contributed by atoms with Crippen molar-refractivity contribution in [1.29, 1.82) is 0 Å². The topological polar surface area (TPSA) is 73.8 Å². The van der Waals surface area contributed by atoms with E-state index in [-0.39, 0.29) is 41.7 Å². The Morgan fingerprint density at radius 3 is 2.54 bits per heavy atom. The van der Waals surface area contributed by atoms with Gasteiger partial charge < -0.3 is 10.2 Å². The highest BCUT2D eigenvalue weighted by atomic mass is 127. The van der Waals surface area contributed by atoms with Crippen LogP contribution in [0.5, 0.6) is 0 Å². The Labute approximate surface area is 174 Å². The molecule has 2 N–H and O–H groups in total. The lowest BCUT2D eigenvalue weighted by Crippen LogP contribution is -2.41. The van der Waals surface area contributed by atoms with Gasteiger partial charge in [-0.3, -0.25) is 4.99 Å². The maximum atomic E-state index is 12.2. The zero-order chi connectivity index (χ0) is 18.3. The number of likely N-dealkylation sites (tertiary alicyclic amines) is 1. The van der Waals surface area contributed by atoms with Gasteiger partial charge in [-0.25, -0.2) is 13.1 Å². The maximum absolute atomic E-state index is 12.2. The molecule has 6 nitrogen and oxygen atoms in total.